The Hall–Kier alpha value is -1.10. The summed E-state index contributed by atoms with van der Waals surface area (Å²) in [6.07, 6.45) is 0.591. The number of hydrogen-bond donors (Lipinski definition) is 1. The third-order valence-corrected chi connectivity index (χ3v) is 2.14. The number of hydrogen-bond acceptors (Lipinski definition) is 4. The zero-order valence-corrected chi connectivity index (χ0v) is 9.96. The first-order valence-corrected chi connectivity index (χ1v) is 4.96. The molecule has 86 valence electrons. The van der Waals surface area contributed by atoms with Gasteiger partial charge in [-0.3, -0.25) is 0 Å². The van der Waals surface area contributed by atoms with E-state index in [1.807, 2.05) is 12.1 Å². The summed E-state index contributed by atoms with van der Waals surface area (Å²) in [6.45, 7) is 0.497. The average Bonchev–Trinajstić information content (AvgIpc) is 2.67. The van der Waals surface area contributed by atoms with Crippen LogP contribution < -0.4 is 5.73 Å². The van der Waals surface area contributed by atoms with E-state index in [9.17, 15) is 0 Å². The molecule has 0 fully saturated rings. The van der Waals surface area contributed by atoms with Gasteiger partial charge < -0.3 is 10.3 Å². The Morgan fingerprint density at radius 3 is 2.88 bits per heavy atom. The highest BCUT2D eigenvalue weighted by Crippen LogP contribution is 2.19. The molecule has 0 aliphatic rings. The Bertz CT molecular complexity index is 459. The van der Waals surface area contributed by atoms with Gasteiger partial charge in [-0.05, 0) is 12.1 Å². The molecule has 0 saturated heterocycles. The third-order valence-electron chi connectivity index (χ3n) is 1.91. The molecule has 2 N–H and O–H groups in total. The second-order valence-corrected chi connectivity index (χ2v) is 3.50. The second-order valence-electron chi connectivity index (χ2n) is 3.06. The van der Waals surface area contributed by atoms with E-state index >= 15 is 0 Å². The molecule has 2 aromatic rings. The first-order valence-electron chi connectivity index (χ1n) is 4.58. The van der Waals surface area contributed by atoms with E-state index < -0.39 is 0 Å². The van der Waals surface area contributed by atoms with Crippen LogP contribution >= 0.6 is 24.0 Å². The van der Waals surface area contributed by atoms with Crippen LogP contribution in [0.25, 0.3) is 11.4 Å². The minimum Gasteiger partial charge on any atom is -0.339 e. The van der Waals surface area contributed by atoms with Crippen molar-refractivity contribution in [3.63, 3.8) is 0 Å². The van der Waals surface area contributed by atoms with Gasteiger partial charge in [0.15, 0.2) is 0 Å². The highest BCUT2D eigenvalue weighted by atomic mass is 35.5. The van der Waals surface area contributed by atoms with Crippen molar-refractivity contribution in [3.8, 4) is 11.4 Å². The molecule has 0 saturated carbocycles. The predicted molar refractivity (Wildman–Crippen MR) is 64.8 cm³/mol. The Balaban J connectivity index is 0.00000128. The molecular formula is C10H11Cl2N3O. The van der Waals surface area contributed by atoms with Crippen molar-refractivity contribution in [1.29, 1.82) is 0 Å². The highest BCUT2D eigenvalue weighted by molar-refractivity contribution is 6.30. The molecule has 6 heteroatoms. The lowest BCUT2D eigenvalue weighted by Crippen LogP contribution is -2.02. The molecule has 4 nitrogen and oxygen atoms in total. The number of halogens is 2. The van der Waals surface area contributed by atoms with Gasteiger partial charge in [-0.1, -0.05) is 28.9 Å². The second kappa shape index (κ2) is 5.84. The smallest absolute Gasteiger partial charge is 0.228 e. The van der Waals surface area contributed by atoms with Crippen LogP contribution in [0, 0.1) is 0 Å². The van der Waals surface area contributed by atoms with E-state index in [1.165, 1.54) is 0 Å². The lowest BCUT2D eigenvalue weighted by Gasteiger charge is -1.93. The maximum absolute atomic E-state index is 5.86. The predicted octanol–water partition coefficient (Wildman–Crippen LogP) is 2.31. The minimum absolute atomic E-state index is 0. The SMILES string of the molecule is Cl.NCCc1nc(-c2cccc(Cl)c2)no1. The summed E-state index contributed by atoms with van der Waals surface area (Å²) in [5.74, 6) is 1.09. The van der Waals surface area contributed by atoms with Crippen LogP contribution in [0.4, 0.5) is 0 Å². The van der Waals surface area contributed by atoms with Gasteiger partial charge in [-0.15, -0.1) is 12.4 Å². The van der Waals surface area contributed by atoms with Gasteiger partial charge in [0.1, 0.15) is 0 Å². The minimum atomic E-state index is 0. The summed E-state index contributed by atoms with van der Waals surface area (Å²) in [4.78, 5) is 4.19. The van der Waals surface area contributed by atoms with E-state index in [0.717, 1.165) is 5.56 Å². The molecular weight excluding hydrogens is 249 g/mol. The number of nitrogens with two attached hydrogens (primary N) is 1. The molecule has 1 aromatic carbocycles. The monoisotopic (exact) mass is 259 g/mol. The van der Waals surface area contributed by atoms with Crippen molar-refractivity contribution in [2.75, 3.05) is 6.54 Å². The van der Waals surface area contributed by atoms with Crippen molar-refractivity contribution in [1.82, 2.24) is 10.1 Å². The van der Waals surface area contributed by atoms with Crippen LogP contribution in [0.5, 0.6) is 0 Å². The summed E-state index contributed by atoms with van der Waals surface area (Å²) in [5, 5.41) is 4.50. The van der Waals surface area contributed by atoms with E-state index in [4.69, 9.17) is 21.9 Å². The Kier molecular flexibility index (Phi) is 4.73. The quantitative estimate of drug-likeness (QED) is 0.919. The van der Waals surface area contributed by atoms with Gasteiger partial charge in [-0.25, -0.2) is 0 Å². The molecule has 0 aliphatic heterocycles. The lowest BCUT2D eigenvalue weighted by atomic mass is 10.2. The fourth-order valence-electron chi connectivity index (χ4n) is 1.22. The number of benzene rings is 1. The van der Waals surface area contributed by atoms with Crippen molar-refractivity contribution < 1.29 is 4.52 Å². The lowest BCUT2D eigenvalue weighted by molar-refractivity contribution is 0.380. The van der Waals surface area contributed by atoms with Gasteiger partial charge in [0, 0.05) is 23.6 Å². The molecule has 1 aromatic heterocycles. The Morgan fingerprint density at radius 2 is 2.19 bits per heavy atom. The number of nitrogens with zero attached hydrogens (tertiary/aromatic N) is 2. The zero-order chi connectivity index (χ0) is 10.7. The van der Waals surface area contributed by atoms with E-state index in [-0.39, 0.29) is 12.4 Å². The Morgan fingerprint density at radius 1 is 1.38 bits per heavy atom. The van der Waals surface area contributed by atoms with Crippen molar-refractivity contribution in [3.05, 3.63) is 35.2 Å². The molecule has 1 heterocycles. The molecule has 0 unspecified atom stereocenters. The van der Waals surface area contributed by atoms with Crippen molar-refractivity contribution in [2.45, 2.75) is 6.42 Å². The van der Waals surface area contributed by atoms with Gasteiger partial charge in [0.05, 0.1) is 0 Å². The molecule has 0 amide bonds. The number of rotatable bonds is 3. The molecule has 0 radical (unpaired) electrons. The van der Waals surface area contributed by atoms with Crippen LogP contribution in [0.2, 0.25) is 5.02 Å². The topological polar surface area (TPSA) is 64.9 Å². The van der Waals surface area contributed by atoms with Crippen LogP contribution in [0.15, 0.2) is 28.8 Å². The molecule has 16 heavy (non-hydrogen) atoms. The summed E-state index contributed by atoms with van der Waals surface area (Å²) < 4.78 is 5.02. The van der Waals surface area contributed by atoms with Crippen LogP contribution in [-0.2, 0) is 6.42 Å². The Labute approximate surface area is 104 Å². The maximum Gasteiger partial charge on any atom is 0.228 e. The van der Waals surface area contributed by atoms with Gasteiger partial charge >= 0.3 is 0 Å². The van der Waals surface area contributed by atoms with Crippen molar-refractivity contribution in [2.24, 2.45) is 5.73 Å². The first-order chi connectivity index (χ1) is 7.29. The van der Waals surface area contributed by atoms with Crippen molar-refractivity contribution >= 4 is 24.0 Å². The van der Waals surface area contributed by atoms with Gasteiger partial charge in [0.25, 0.3) is 0 Å². The molecule has 0 bridgehead atoms. The van der Waals surface area contributed by atoms with Gasteiger partial charge in [0.2, 0.25) is 11.7 Å². The zero-order valence-electron chi connectivity index (χ0n) is 8.39. The standard InChI is InChI=1S/C10H10ClN3O.ClH/c11-8-3-1-2-7(6-8)10-13-9(4-5-12)15-14-10;/h1-3,6H,4-5,12H2;1H. The average molecular weight is 260 g/mol. The van der Waals surface area contributed by atoms with E-state index in [1.54, 1.807) is 12.1 Å². The largest absolute Gasteiger partial charge is 0.339 e. The normalized spacial score (nSPS) is 9.88. The molecule has 0 aliphatic carbocycles. The molecule has 0 atom stereocenters. The summed E-state index contributed by atoms with van der Waals surface area (Å²) in [6, 6.07) is 7.31. The third kappa shape index (κ3) is 2.95. The fraction of sp³-hybridized carbons (Fsp3) is 0.200. The number of aromatic nitrogens is 2. The molecule has 2 rings (SSSR count). The first kappa shape index (κ1) is 13.0. The maximum atomic E-state index is 5.86. The van der Waals surface area contributed by atoms with Gasteiger partial charge in [-0.2, -0.15) is 4.98 Å². The summed E-state index contributed by atoms with van der Waals surface area (Å²) in [5.41, 5.74) is 6.23. The molecule has 0 spiro atoms. The van der Waals surface area contributed by atoms with Crippen LogP contribution in [0.3, 0.4) is 0 Å². The summed E-state index contributed by atoms with van der Waals surface area (Å²) in [7, 11) is 0. The van der Waals surface area contributed by atoms with Crippen LogP contribution in [0.1, 0.15) is 5.89 Å². The van der Waals surface area contributed by atoms with E-state index in [2.05, 4.69) is 10.1 Å². The highest BCUT2D eigenvalue weighted by Gasteiger charge is 2.07. The van der Waals surface area contributed by atoms with E-state index in [0.29, 0.717) is 29.7 Å². The fourth-order valence-corrected chi connectivity index (χ4v) is 1.41. The summed E-state index contributed by atoms with van der Waals surface area (Å²) >= 11 is 5.86. The van der Waals surface area contributed by atoms with Crippen LogP contribution in [-0.4, -0.2) is 16.7 Å².